The topological polar surface area (TPSA) is 56.5 Å². The smallest absolute Gasteiger partial charge is 0.112 e. The van der Waals surface area contributed by atoms with Crippen LogP contribution in [0.5, 0.6) is 0 Å². The van der Waals surface area contributed by atoms with E-state index in [1.54, 1.807) is 0 Å². The number of hydrogen-bond acceptors (Lipinski definition) is 6. The summed E-state index contributed by atoms with van der Waals surface area (Å²) in [5.74, 6) is 0. The first-order chi connectivity index (χ1) is 21.0. The summed E-state index contributed by atoms with van der Waals surface area (Å²) in [5.41, 5.74) is 13.6. The average Bonchev–Trinajstić information content (AvgIpc) is 3.77. The minimum absolute atomic E-state index is 0.370. The third-order valence-corrected chi connectivity index (χ3v) is 10.1. The minimum atomic E-state index is 0.370. The van der Waals surface area contributed by atoms with E-state index in [4.69, 9.17) is 8.75 Å². The Labute approximate surface area is 261 Å². The Morgan fingerprint density at radius 3 is 1.63 bits per heavy atom. The van der Waals surface area contributed by atoms with Gasteiger partial charge in [0.2, 0.25) is 0 Å². The predicted octanol–water partition coefficient (Wildman–Crippen LogP) is 11.1. The van der Waals surface area contributed by atoms with E-state index < -0.39 is 0 Å². The highest BCUT2D eigenvalue weighted by Crippen LogP contribution is 2.40. The molecule has 0 fully saturated rings. The molecule has 0 aliphatic rings. The van der Waals surface area contributed by atoms with Gasteiger partial charge in [0.15, 0.2) is 0 Å². The van der Waals surface area contributed by atoms with Crippen molar-refractivity contribution < 1.29 is 0 Å². The molecule has 0 aliphatic carbocycles. The van der Waals surface area contributed by atoms with Gasteiger partial charge in [-0.2, -0.15) is 17.5 Å². The number of benzene rings is 4. The van der Waals surface area contributed by atoms with Gasteiger partial charge in [-0.1, -0.05) is 94.0 Å². The SMILES string of the molecule is CCCCCCCCC(C)n1c2cc(-c3ccc(C)c4nsnc34)ccc2c2ccc(-c3ccc(C)c4nsnc34)cc21. The van der Waals surface area contributed by atoms with Crippen molar-refractivity contribution in [2.75, 3.05) is 0 Å². The highest BCUT2D eigenvalue weighted by atomic mass is 32.1. The van der Waals surface area contributed by atoms with Crippen LogP contribution in [0.15, 0.2) is 60.7 Å². The van der Waals surface area contributed by atoms with Gasteiger partial charge in [-0.15, -0.1) is 0 Å². The van der Waals surface area contributed by atoms with Crippen LogP contribution >= 0.6 is 23.5 Å². The second-order valence-electron chi connectivity index (χ2n) is 12.0. The lowest BCUT2D eigenvalue weighted by molar-refractivity contribution is 0.487. The van der Waals surface area contributed by atoms with Gasteiger partial charge in [0, 0.05) is 39.0 Å². The Morgan fingerprint density at radius 1 is 0.605 bits per heavy atom. The van der Waals surface area contributed by atoms with Gasteiger partial charge < -0.3 is 4.57 Å². The van der Waals surface area contributed by atoms with Crippen LogP contribution in [0.25, 0.3) is 66.1 Å². The molecule has 1 atom stereocenters. The summed E-state index contributed by atoms with van der Waals surface area (Å²) < 4.78 is 21.2. The van der Waals surface area contributed by atoms with E-state index >= 15 is 0 Å². The normalized spacial score (nSPS) is 12.7. The van der Waals surface area contributed by atoms with Crippen LogP contribution in [0.1, 0.15) is 76.0 Å². The first kappa shape index (κ1) is 28.1. The predicted molar refractivity (Wildman–Crippen MR) is 184 cm³/mol. The maximum atomic E-state index is 4.69. The van der Waals surface area contributed by atoms with Crippen molar-refractivity contribution in [3.8, 4) is 22.3 Å². The van der Waals surface area contributed by atoms with Crippen LogP contribution < -0.4 is 0 Å². The Morgan fingerprint density at radius 2 is 1.09 bits per heavy atom. The second-order valence-corrected chi connectivity index (χ2v) is 13.1. The van der Waals surface area contributed by atoms with Crippen LogP contribution in [-0.2, 0) is 0 Å². The number of aryl methyl sites for hydroxylation is 2. The number of hydrogen-bond donors (Lipinski definition) is 0. The van der Waals surface area contributed by atoms with Crippen molar-refractivity contribution in [2.24, 2.45) is 0 Å². The van der Waals surface area contributed by atoms with Gasteiger partial charge in [-0.3, -0.25) is 0 Å². The molecule has 7 aromatic rings. The Bertz CT molecular complexity index is 1950. The van der Waals surface area contributed by atoms with Gasteiger partial charge in [0.05, 0.1) is 23.5 Å². The number of nitrogens with zero attached hydrogens (tertiary/aromatic N) is 5. The van der Waals surface area contributed by atoms with E-state index in [0.29, 0.717) is 6.04 Å². The fourth-order valence-corrected chi connectivity index (χ4v) is 7.89. The maximum absolute atomic E-state index is 4.69. The summed E-state index contributed by atoms with van der Waals surface area (Å²) in [6.07, 6.45) is 9.02. The zero-order valence-corrected chi connectivity index (χ0v) is 27.0. The minimum Gasteiger partial charge on any atom is -0.338 e. The van der Waals surface area contributed by atoms with Gasteiger partial charge in [0.1, 0.15) is 22.1 Å². The van der Waals surface area contributed by atoms with Crippen LogP contribution in [0.3, 0.4) is 0 Å². The monoisotopic (exact) mass is 603 g/mol. The molecule has 218 valence electrons. The molecule has 0 saturated heterocycles. The molecule has 3 heterocycles. The summed E-state index contributed by atoms with van der Waals surface area (Å²) in [6.45, 7) is 8.90. The molecule has 4 aromatic carbocycles. The first-order valence-corrected chi connectivity index (χ1v) is 17.0. The number of rotatable bonds is 10. The third-order valence-electron chi connectivity index (χ3n) is 9.08. The molecule has 7 heteroatoms. The summed E-state index contributed by atoms with van der Waals surface area (Å²) in [7, 11) is 0. The highest BCUT2D eigenvalue weighted by molar-refractivity contribution is 7.00. The summed E-state index contributed by atoms with van der Waals surface area (Å²) in [6, 6.07) is 23.0. The number of unbranched alkanes of at least 4 members (excludes halogenated alkanes) is 5. The lowest BCUT2D eigenvalue weighted by Crippen LogP contribution is -2.05. The standard InChI is InChI=1S/C36H37N5S2/c1-5-6-7-8-9-10-11-24(4)41-31-20-25(27-16-12-22(2)33-35(27)39-42-37-33)14-18-29(31)30-19-15-26(21-32(30)41)28-17-13-23(3)34-36(28)40-43-38-34/h12-21,24H,5-11H2,1-4H3. The van der Waals surface area contributed by atoms with E-state index in [1.807, 2.05) is 0 Å². The largest absolute Gasteiger partial charge is 0.338 e. The van der Waals surface area contributed by atoms with Crippen LogP contribution in [0, 0.1) is 13.8 Å². The third kappa shape index (κ3) is 5.02. The van der Waals surface area contributed by atoms with Gasteiger partial charge >= 0.3 is 0 Å². The van der Waals surface area contributed by atoms with Gasteiger partial charge in [-0.25, -0.2) is 0 Å². The second kappa shape index (κ2) is 11.8. The zero-order chi connectivity index (χ0) is 29.5. The Balaban J connectivity index is 1.37. The van der Waals surface area contributed by atoms with Crippen molar-refractivity contribution in [2.45, 2.75) is 78.7 Å². The van der Waals surface area contributed by atoms with Crippen LogP contribution in [0.4, 0.5) is 0 Å². The molecular formula is C36H37N5S2. The fraction of sp³-hybridized carbons (Fsp3) is 0.333. The molecule has 0 amide bonds. The van der Waals surface area contributed by atoms with Gasteiger partial charge in [0.25, 0.3) is 0 Å². The lowest BCUT2D eigenvalue weighted by atomic mass is 9.99. The van der Waals surface area contributed by atoms with Crippen molar-refractivity contribution in [3.05, 3.63) is 71.8 Å². The molecule has 7 rings (SSSR count). The van der Waals surface area contributed by atoms with Crippen molar-refractivity contribution in [1.82, 2.24) is 22.1 Å². The molecule has 0 N–H and O–H groups in total. The van der Waals surface area contributed by atoms with E-state index in [0.717, 1.165) is 39.6 Å². The van der Waals surface area contributed by atoms with Crippen LogP contribution in [-0.4, -0.2) is 22.1 Å². The highest BCUT2D eigenvalue weighted by Gasteiger charge is 2.19. The average molecular weight is 604 g/mol. The molecule has 1 unspecified atom stereocenters. The lowest BCUT2D eigenvalue weighted by Gasteiger charge is -2.18. The molecular weight excluding hydrogens is 567 g/mol. The molecule has 0 radical (unpaired) electrons. The molecule has 43 heavy (non-hydrogen) atoms. The summed E-state index contributed by atoms with van der Waals surface area (Å²) >= 11 is 2.59. The van der Waals surface area contributed by atoms with E-state index in [9.17, 15) is 0 Å². The molecule has 5 nitrogen and oxygen atoms in total. The molecule has 3 aromatic heterocycles. The van der Waals surface area contributed by atoms with E-state index in [1.165, 1.54) is 106 Å². The van der Waals surface area contributed by atoms with Crippen LogP contribution in [0.2, 0.25) is 0 Å². The number of fused-ring (bicyclic) bond motifs is 5. The molecule has 0 bridgehead atoms. The van der Waals surface area contributed by atoms with Crippen molar-refractivity contribution in [1.29, 1.82) is 0 Å². The molecule has 0 spiro atoms. The first-order valence-electron chi connectivity index (χ1n) is 15.6. The summed E-state index contributed by atoms with van der Waals surface area (Å²) in [4.78, 5) is 0. The van der Waals surface area contributed by atoms with Crippen molar-refractivity contribution in [3.63, 3.8) is 0 Å². The quantitative estimate of drug-likeness (QED) is 0.146. The molecule has 0 saturated carbocycles. The van der Waals surface area contributed by atoms with Crippen molar-refractivity contribution >= 4 is 67.3 Å². The molecule has 0 aliphatic heterocycles. The summed E-state index contributed by atoms with van der Waals surface area (Å²) in [5, 5.41) is 2.59. The van der Waals surface area contributed by atoms with Gasteiger partial charge in [-0.05, 0) is 61.6 Å². The zero-order valence-electron chi connectivity index (χ0n) is 25.4. The van der Waals surface area contributed by atoms with E-state index in [-0.39, 0.29) is 0 Å². The van der Waals surface area contributed by atoms with E-state index in [2.05, 4.69) is 102 Å². The maximum Gasteiger partial charge on any atom is 0.112 e. The Kier molecular flexibility index (Phi) is 7.70. The number of aromatic nitrogens is 5. The Hall–Kier alpha value is -3.68. The fourth-order valence-electron chi connectivity index (χ4n) is 6.65.